The maximum atomic E-state index is 13.3. The molecule has 2 N–H and O–H groups in total. The van der Waals surface area contributed by atoms with Crippen LogP contribution in [0.1, 0.15) is 131 Å². The Morgan fingerprint density at radius 1 is 0.644 bits per heavy atom. The fraction of sp³-hybridized carbons (Fsp3) is 0.848. The number of nitrogens with zero attached hydrogens (tertiary/aromatic N) is 4. The predicted molar refractivity (Wildman–Crippen MR) is 180 cm³/mol. The quantitative estimate of drug-likeness (QED) is 0.158. The zero-order chi connectivity index (χ0) is 33.7. The average Bonchev–Trinajstić information content (AvgIpc) is 2.98. The Bertz CT molecular complexity index is 1110. The Balaban J connectivity index is 2.72. The molecule has 0 aliphatic heterocycles. The number of nitrogens with one attached hydrogen (secondary N) is 2. The van der Waals surface area contributed by atoms with E-state index in [9.17, 15) is 24.0 Å². The lowest BCUT2D eigenvalue weighted by Gasteiger charge is -2.35. The summed E-state index contributed by atoms with van der Waals surface area (Å²) < 4.78 is 8.89. The number of carbonyl (C=O) groups is 2. The van der Waals surface area contributed by atoms with Gasteiger partial charge < -0.3 is 20.3 Å². The largest absolute Gasteiger partial charge is 0.448 e. The Morgan fingerprint density at radius 3 is 1.47 bits per heavy atom. The molecule has 0 unspecified atom stereocenters. The van der Waals surface area contributed by atoms with Crippen molar-refractivity contribution in [2.75, 3.05) is 26.2 Å². The smallest absolute Gasteiger partial charge is 0.407 e. The van der Waals surface area contributed by atoms with Crippen molar-refractivity contribution in [2.24, 2.45) is 0 Å². The molecule has 0 aliphatic rings. The van der Waals surface area contributed by atoms with Gasteiger partial charge in [0, 0.05) is 38.3 Å². The van der Waals surface area contributed by atoms with E-state index in [0.717, 1.165) is 83.5 Å². The third-order valence-corrected chi connectivity index (χ3v) is 7.86. The zero-order valence-electron chi connectivity index (χ0n) is 29.1. The minimum Gasteiger partial charge on any atom is -0.448 e. The number of hydrogen-bond donors (Lipinski definition) is 2. The van der Waals surface area contributed by atoms with Crippen molar-refractivity contribution in [3.05, 3.63) is 31.5 Å². The van der Waals surface area contributed by atoms with Gasteiger partial charge in [-0.3, -0.25) is 0 Å². The molecule has 260 valence electrons. The molecule has 0 atom stereocenters. The van der Waals surface area contributed by atoms with Gasteiger partial charge in [-0.1, -0.05) is 78.1 Å². The van der Waals surface area contributed by atoms with Crippen molar-refractivity contribution < 1.29 is 14.3 Å². The fourth-order valence-electron chi connectivity index (χ4n) is 5.21. The first kappa shape index (κ1) is 40.0. The van der Waals surface area contributed by atoms with Gasteiger partial charge >= 0.3 is 29.2 Å². The van der Waals surface area contributed by atoms with E-state index in [2.05, 4.69) is 24.5 Å². The van der Waals surface area contributed by atoms with Gasteiger partial charge in [-0.25, -0.2) is 37.7 Å². The van der Waals surface area contributed by atoms with Crippen molar-refractivity contribution in [3.63, 3.8) is 0 Å². The lowest BCUT2D eigenvalue weighted by molar-refractivity contribution is 0.102. The van der Waals surface area contributed by atoms with Crippen LogP contribution in [0.2, 0.25) is 0 Å². The van der Waals surface area contributed by atoms with Crippen molar-refractivity contribution in [3.8, 4) is 0 Å². The highest BCUT2D eigenvalue weighted by atomic mass is 16.5. The Morgan fingerprint density at radius 2 is 1.07 bits per heavy atom. The summed E-state index contributed by atoms with van der Waals surface area (Å²) >= 11 is 0. The monoisotopic (exact) mass is 638 g/mol. The normalized spacial score (nSPS) is 11.4. The minimum atomic E-state index is -0.506. The maximum absolute atomic E-state index is 13.3. The number of amides is 3. The van der Waals surface area contributed by atoms with Crippen LogP contribution in [-0.2, 0) is 24.4 Å². The number of urea groups is 1. The van der Waals surface area contributed by atoms with Gasteiger partial charge in [0.05, 0.1) is 6.54 Å². The number of unbranched alkanes of at least 4 members (excludes halogenated alkanes) is 11. The molecule has 0 fully saturated rings. The van der Waals surface area contributed by atoms with Gasteiger partial charge in [0.1, 0.15) is 6.61 Å². The Hall–Kier alpha value is -3.05. The Labute approximate surface area is 269 Å². The first-order valence-corrected chi connectivity index (χ1v) is 17.4. The van der Waals surface area contributed by atoms with E-state index in [1.165, 1.54) is 13.7 Å². The molecule has 0 bridgehead atoms. The van der Waals surface area contributed by atoms with E-state index < -0.39 is 28.7 Å². The molecule has 0 aliphatic carbocycles. The number of alkyl carbamates (subject to hydrolysis) is 1. The van der Waals surface area contributed by atoms with Gasteiger partial charge in [-0.15, -0.1) is 0 Å². The number of aromatic nitrogens is 3. The number of hydrogen-bond acceptors (Lipinski definition) is 6. The van der Waals surface area contributed by atoms with Gasteiger partial charge in [0.25, 0.3) is 0 Å². The fourth-order valence-corrected chi connectivity index (χ4v) is 5.21. The van der Waals surface area contributed by atoms with E-state index in [1.807, 2.05) is 20.8 Å². The van der Waals surface area contributed by atoms with Crippen LogP contribution in [0.15, 0.2) is 14.4 Å². The second-order valence-corrected chi connectivity index (χ2v) is 12.8. The predicted octanol–water partition coefficient (Wildman–Crippen LogP) is 5.23. The molecule has 0 aromatic carbocycles. The lowest BCUT2D eigenvalue weighted by atomic mass is 10.1. The summed E-state index contributed by atoms with van der Waals surface area (Å²) in [4.78, 5) is 65.7. The van der Waals surface area contributed by atoms with Crippen LogP contribution >= 0.6 is 0 Å². The van der Waals surface area contributed by atoms with Gasteiger partial charge in [0.15, 0.2) is 0 Å². The van der Waals surface area contributed by atoms with Crippen LogP contribution < -0.4 is 27.7 Å². The second-order valence-electron chi connectivity index (χ2n) is 12.8. The third-order valence-electron chi connectivity index (χ3n) is 7.86. The SMILES string of the molecule is CCCCCCCn1c(=O)n(CCCCCCC)c(=O)n(CCCCCCNC(=O)N(CCOC(=O)NCC)C(C)(C)C)c1=O. The highest BCUT2D eigenvalue weighted by Crippen LogP contribution is 2.13. The number of rotatable bonds is 23. The zero-order valence-corrected chi connectivity index (χ0v) is 29.1. The van der Waals surface area contributed by atoms with Gasteiger partial charge in [-0.2, -0.15) is 0 Å². The molecule has 1 rings (SSSR count). The van der Waals surface area contributed by atoms with E-state index in [1.54, 1.807) is 11.8 Å². The van der Waals surface area contributed by atoms with Crippen LogP contribution in [0.5, 0.6) is 0 Å². The van der Waals surface area contributed by atoms with Crippen molar-refractivity contribution in [1.29, 1.82) is 0 Å². The highest BCUT2D eigenvalue weighted by Gasteiger charge is 2.26. The molecule has 12 heteroatoms. The number of ether oxygens (including phenoxy) is 1. The Kier molecular flexibility index (Phi) is 19.9. The molecule has 0 spiro atoms. The topological polar surface area (TPSA) is 137 Å². The molecule has 0 radical (unpaired) electrons. The van der Waals surface area contributed by atoms with Gasteiger partial charge in [-0.05, 0) is 53.4 Å². The van der Waals surface area contributed by atoms with Crippen LogP contribution in [0, 0.1) is 0 Å². The van der Waals surface area contributed by atoms with E-state index >= 15 is 0 Å². The molecule has 3 amide bonds. The van der Waals surface area contributed by atoms with Crippen LogP contribution in [-0.4, -0.2) is 62.5 Å². The molecule has 1 aromatic rings. The summed E-state index contributed by atoms with van der Waals surface area (Å²) in [6.45, 7) is 14.1. The first-order valence-electron chi connectivity index (χ1n) is 17.4. The van der Waals surface area contributed by atoms with Crippen LogP contribution in [0.25, 0.3) is 0 Å². The number of carbonyl (C=O) groups excluding carboxylic acids is 2. The molecule has 1 aromatic heterocycles. The van der Waals surface area contributed by atoms with E-state index in [4.69, 9.17) is 4.74 Å². The maximum Gasteiger partial charge on any atom is 0.407 e. The van der Waals surface area contributed by atoms with E-state index in [0.29, 0.717) is 32.6 Å². The average molecular weight is 639 g/mol. The van der Waals surface area contributed by atoms with E-state index in [-0.39, 0.29) is 25.7 Å². The van der Waals surface area contributed by atoms with Crippen LogP contribution in [0.4, 0.5) is 9.59 Å². The summed E-state index contributed by atoms with van der Waals surface area (Å²) in [7, 11) is 0. The molecule has 1 heterocycles. The summed E-state index contributed by atoms with van der Waals surface area (Å²) in [5.74, 6) is 0. The summed E-state index contributed by atoms with van der Waals surface area (Å²) in [5.41, 5.74) is -1.94. The summed E-state index contributed by atoms with van der Waals surface area (Å²) in [6, 6.07) is -0.222. The standard InChI is InChI=1S/C33H62N6O6/c1-7-10-12-15-19-23-36-30(42)37(24-20-16-13-11-8-2)32(44)38(31(36)43)25-21-17-14-18-22-35-28(40)39(33(4,5)6)26-27-45-29(41)34-9-3/h7-27H2,1-6H3,(H,34,41)(H,35,40). The summed E-state index contributed by atoms with van der Waals surface area (Å²) in [6.07, 6.45) is 12.5. The molecule has 45 heavy (non-hydrogen) atoms. The third kappa shape index (κ3) is 15.2. The molecular formula is C33H62N6O6. The van der Waals surface area contributed by atoms with Gasteiger partial charge in [0.2, 0.25) is 0 Å². The van der Waals surface area contributed by atoms with Crippen molar-refractivity contribution in [1.82, 2.24) is 29.2 Å². The minimum absolute atomic E-state index is 0.0998. The van der Waals surface area contributed by atoms with Crippen molar-refractivity contribution >= 4 is 12.1 Å². The molecule has 12 nitrogen and oxygen atoms in total. The second kappa shape index (κ2) is 22.5. The molecular weight excluding hydrogens is 576 g/mol. The molecule has 0 saturated carbocycles. The molecule has 0 saturated heterocycles. The van der Waals surface area contributed by atoms with Crippen molar-refractivity contribution in [2.45, 2.75) is 157 Å². The first-order chi connectivity index (χ1) is 21.5. The highest BCUT2D eigenvalue weighted by molar-refractivity contribution is 5.75. The summed E-state index contributed by atoms with van der Waals surface area (Å²) in [5, 5.41) is 5.51. The lowest BCUT2D eigenvalue weighted by Crippen LogP contribution is -2.54. The van der Waals surface area contributed by atoms with Crippen LogP contribution in [0.3, 0.4) is 0 Å².